The van der Waals surface area contributed by atoms with Gasteiger partial charge in [-0.3, -0.25) is 0 Å². The van der Waals surface area contributed by atoms with Crippen LogP contribution in [0, 0.1) is 0 Å². The summed E-state index contributed by atoms with van der Waals surface area (Å²) in [5.41, 5.74) is 7.35. The van der Waals surface area contributed by atoms with Gasteiger partial charge in [0, 0.05) is 60.7 Å². The Kier molecular flexibility index (Phi) is 7.85. The summed E-state index contributed by atoms with van der Waals surface area (Å²) in [5.74, 6) is -2.73. The van der Waals surface area contributed by atoms with Crippen LogP contribution in [0.25, 0.3) is 0 Å². The summed E-state index contributed by atoms with van der Waals surface area (Å²) in [6, 6.07) is 7.75. The van der Waals surface area contributed by atoms with Crippen LogP contribution in [0.4, 0.5) is 44.7 Å². The number of halogens is 6. The van der Waals surface area contributed by atoms with Crippen molar-refractivity contribution in [2.45, 2.75) is 47.2 Å². The van der Waals surface area contributed by atoms with Crippen LogP contribution in [-0.2, 0) is 6.18 Å². The molecule has 12 heteroatoms. The molecular formula is C24H29ClF5N5S. The Morgan fingerprint density at radius 1 is 1.08 bits per heavy atom. The summed E-state index contributed by atoms with van der Waals surface area (Å²) in [6.07, 6.45) is -3.05. The number of nitrogens with one attached hydrogen (secondary N) is 2. The molecule has 0 bridgehead atoms. The van der Waals surface area contributed by atoms with Gasteiger partial charge >= 0.3 is 6.18 Å². The van der Waals surface area contributed by atoms with E-state index in [0.29, 0.717) is 33.4 Å². The molecule has 0 amide bonds. The van der Waals surface area contributed by atoms with E-state index in [1.807, 2.05) is 6.07 Å². The lowest BCUT2D eigenvalue weighted by Crippen LogP contribution is -2.41. The number of likely N-dealkylation sites (tertiary alicyclic amines) is 1. The van der Waals surface area contributed by atoms with E-state index < -0.39 is 17.7 Å². The lowest BCUT2D eigenvalue weighted by Gasteiger charge is -2.34. The molecule has 5 rings (SSSR count). The van der Waals surface area contributed by atoms with Crippen LogP contribution in [0.2, 0.25) is 0 Å². The number of rotatable bonds is 5. The Balaban J connectivity index is 0.00000304. The standard InChI is InChI=1S/C24H28F5N5S.ClH/c25-23(26)5-9-34(14-23)17-1-2-18-20(13-17)35-21-12-15(24(27,28)29)11-19(22(21)32-18)31-16-3-7-33(8-4-16)10-6-30;/h1-2,11-13,16,31-32H,3-10,14,30H2;1H. The molecular weight excluding hydrogens is 521 g/mol. The topological polar surface area (TPSA) is 56.6 Å². The second kappa shape index (κ2) is 10.4. The maximum absolute atomic E-state index is 13.7. The Labute approximate surface area is 217 Å². The predicted octanol–water partition coefficient (Wildman–Crippen LogP) is 6.02. The maximum Gasteiger partial charge on any atom is 0.416 e. The minimum atomic E-state index is -4.49. The molecule has 3 aliphatic rings. The van der Waals surface area contributed by atoms with Crippen molar-refractivity contribution < 1.29 is 22.0 Å². The molecule has 2 saturated heterocycles. The quantitative estimate of drug-likeness (QED) is 0.339. The summed E-state index contributed by atoms with van der Waals surface area (Å²) in [6.45, 7) is 2.99. The van der Waals surface area contributed by atoms with Gasteiger partial charge in [0.25, 0.3) is 5.92 Å². The van der Waals surface area contributed by atoms with E-state index in [9.17, 15) is 22.0 Å². The molecule has 3 aliphatic heterocycles. The highest BCUT2D eigenvalue weighted by molar-refractivity contribution is 7.99. The van der Waals surface area contributed by atoms with Crippen LogP contribution >= 0.6 is 24.2 Å². The third-order valence-corrected chi connectivity index (χ3v) is 7.90. The number of nitrogens with zero attached hydrogens (tertiary/aromatic N) is 2. The summed E-state index contributed by atoms with van der Waals surface area (Å²) in [7, 11) is 0. The largest absolute Gasteiger partial charge is 0.416 e. The lowest BCUT2D eigenvalue weighted by molar-refractivity contribution is -0.137. The minimum absolute atomic E-state index is 0. The molecule has 0 unspecified atom stereocenters. The molecule has 0 aromatic heterocycles. The van der Waals surface area contributed by atoms with Crippen LogP contribution in [-0.4, -0.2) is 56.1 Å². The van der Waals surface area contributed by atoms with Crippen LogP contribution in [0.5, 0.6) is 0 Å². The zero-order chi connectivity index (χ0) is 24.8. The van der Waals surface area contributed by atoms with Gasteiger partial charge in [0.05, 0.1) is 29.2 Å². The molecule has 2 aromatic rings. The van der Waals surface area contributed by atoms with Crippen LogP contribution < -0.4 is 21.3 Å². The first-order valence-corrected chi connectivity index (χ1v) is 12.6. The average Bonchev–Trinajstić information content (AvgIpc) is 3.18. The van der Waals surface area contributed by atoms with Gasteiger partial charge in [-0.05, 0) is 43.2 Å². The smallest absolute Gasteiger partial charge is 0.380 e. The molecule has 3 heterocycles. The summed E-state index contributed by atoms with van der Waals surface area (Å²) in [4.78, 5) is 5.05. The monoisotopic (exact) mass is 549 g/mol. The molecule has 0 radical (unpaired) electrons. The van der Waals surface area contributed by atoms with Crippen molar-refractivity contribution in [1.29, 1.82) is 0 Å². The molecule has 36 heavy (non-hydrogen) atoms. The number of nitrogens with two attached hydrogens (primary N) is 1. The Hall–Kier alpha value is -1.95. The van der Waals surface area contributed by atoms with E-state index in [0.717, 1.165) is 44.2 Å². The van der Waals surface area contributed by atoms with Crippen molar-refractivity contribution in [1.82, 2.24) is 4.90 Å². The summed E-state index contributed by atoms with van der Waals surface area (Å²) in [5, 5.41) is 6.65. The highest BCUT2D eigenvalue weighted by Gasteiger charge is 2.39. The van der Waals surface area contributed by atoms with Crippen molar-refractivity contribution in [3.05, 3.63) is 35.9 Å². The van der Waals surface area contributed by atoms with Crippen molar-refractivity contribution in [3.8, 4) is 0 Å². The van der Waals surface area contributed by atoms with Gasteiger partial charge in [-0.15, -0.1) is 12.4 Å². The molecule has 0 spiro atoms. The first-order chi connectivity index (χ1) is 16.6. The molecule has 2 fully saturated rings. The van der Waals surface area contributed by atoms with Gasteiger partial charge in [-0.25, -0.2) is 8.78 Å². The number of hydrogen-bond acceptors (Lipinski definition) is 6. The first kappa shape index (κ1) is 27.1. The van der Waals surface area contributed by atoms with Crippen molar-refractivity contribution in [2.24, 2.45) is 5.73 Å². The van der Waals surface area contributed by atoms with Crippen molar-refractivity contribution in [2.75, 3.05) is 54.8 Å². The molecule has 5 nitrogen and oxygen atoms in total. The fourth-order valence-electron chi connectivity index (χ4n) is 4.91. The molecule has 198 valence electrons. The van der Waals surface area contributed by atoms with Crippen molar-refractivity contribution in [3.63, 3.8) is 0 Å². The van der Waals surface area contributed by atoms with E-state index >= 15 is 0 Å². The summed E-state index contributed by atoms with van der Waals surface area (Å²) >= 11 is 1.23. The van der Waals surface area contributed by atoms with E-state index in [4.69, 9.17) is 5.73 Å². The van der Waals surface area contributed by atoms with Gasteiger partial charge < -0.3 is 26.2 Å². The normalized spacial score (nSPS) is 19.8. The zero-order valence-corrected chi connectivity index (χ0v) is 21.1. The number of piperidine rings is 1. The Morgan fingerprint density at radius 2 is 1.83 bits per heavy atom. The molecule has 0 atom stereocenters. The van der Waals surface area contributed by atoms with E-state index in [-0.39, 0.29) is 38.0 Å². The number of alkyl halides is 5. The van der Waals surface area contributed by atoms with E-state index in [2.05, 4.69) is 15.5 Å². The lowest BCUT2D eigenvalue weighted by atomic mass is 10.0. The number of hydrogen-bond donors (Lipinski definition) is 3. The van der Waals surface area contributed by atoms with Crippen LogP contribution in [0.15, 0.2) is 40.1 Å². The fraction of sp³-hybridized carbons (Fsp3) is 0.500. The minimum Gasteiger partial charge on any atom is -0.380 e. The third kappa shape index (κ3) is 5.79. The Morgan fingerprint density at radius 3 is 2.47 bits per heavy atom. The number of benzene rings is 2. The summed E-state index contributed by atoms with van der Waals surface area (Å²) < 4.78 is 68.6. The number of anilines is 4. The predicted molar refractivity (Wildman–Crippen MR) is 136 cm³/mol. The molecule has 0 saturated carbocycles. The maximum atomic E-state index is 13.7. The van der Waals surface area contributed by atoms with Gasteiger partial charge in [0.1, 0.15) is 0 Å². The average molecular weight is 550 g/mol. The van der Waals surface area contributed by atoms with Gasteiger partial charge in [0.2, 0.25) is 0 Å². The second-order valence-corrected chi connectivity index (χ2v) is 10.5. The van der Waals surface area contributed by atoms with Crippen molar-refractivity contribution >= 4 is 46.9 Å². The highest BCUT2D eigenvalue weighted by Crippen LogP contribution is 2.50. The van der Waals surface area contributed by atoms with Crippen LogP contribution in [0.3, 0.4) is 0 Å². The second-order valence-electron chi connectivity index (χ2n) is 9.38. The SMILES string of the molecule is Cl.NCCN1CCC(Nc2cc(C(F)(F)F)cc3c2Nc2ccc(N4CCC(F)(F)C4)cc2S3)CC1. The van der Waals surface area contributed by atoms with Gasteiger partial charge in [0.15, 0.2) is 0 Å². The van der Waals surface area contributed by atoms with Gasteiger partial charge in [-0.1, -0.05) is 11.8 Å². The van der Waals surface area contributed by atoms with Gasteiger partial charge in [-0.2, -0.15) is 13.2 Å². The highest BCUT2D eigenvalue weighted by atomic mass is 35.5. The molecule has 4 N–H and O–H groups in total. The van der Waals surface area contributed by atoms with Crippen LogP contribution in [0.1, 0.15) is 24.8 Å². The number of fused-ring (bicyclic) bond motifs is 2. The first-order valence-electron chi connectivity index (χ1n) is 11.8. The molecule has 0 aliphatic carbocycles. The fourth-order valence-corrected chi connectivity index (χ4v) is 6.01. The molecule has 2 aromatic carbocycles. The van der Waals surface area contributed by atoms with E-state index in [1.165, 1.54) is 17.8 Å². The zero-order valence-electron chi connectivity index (χ0n) is 19.5. The third-order valence-electron chi connectivity index (χ3n) is 6.80. The Bertz CT molecular complexity index is 1090. The van der Waals surface area contributed by atoms with E-state index in [1.54, 1.807) is 17.0 Å².